The monoisotopic (exact) mass is 475 g/mol. The number of nitrogens with one attached hydrogen (secondary N) is 1. The van der Waals surface area contributed by atoms with Crippen LogP contribution in [-0.2, 0) is 4.79 Å². The van der Waals surface area contributed by atoms with Crippen molar-refractivity contribution < 1.29 is 19.0 Å². The van der Waals surface area contributed by atoms with Crippen LogP contribution in [0.3, 0.4) is 0 Å². The van der Waals surface area contributed by atoms with E-state index in [1.807, 2.05) is 47.0 Å². The number of carbonyl (C=O) groups is 1. The van der Waals surface area contributed by atoms with Gasteiger partial charge in [0.1, 0.15) is 24.7 Å². The minimum absolute atomic E-state index is 0.144. The minimum atomic E-state index is -0.176. The summed E-state index contributed by atoms with van der Waals surface area (Å²) >= 11 is 1.29. The molecule has 0 spiro atoms. The van der Waals surface area contributed by atoms with Crippen LogP contribution in [-0.4, -0.2) is 51.7 Å². The number of hydrogen-bond donors (Lipinski definition) is 1. The first-order valence-corrected chi connectivity index (χ1v) is 11.5. The van der Waals surface area contributed by atoms with E-state index in [9.17, 15) is 4.79 Å². The van der Waals surface area contributed by atoms with Crippen LogP contribution >= 0.6 is 11.8 Å². The second-order valence-electron chi connectivity index (χ2n) is 7.25. The van der Waals surface area contributed by atoms with Crippen molar-refractivity contribution >= 4 is 23.4 Å². The first kappa shape index (κ1) is 21.8. The number of rotatable bonds is 7. The number of hydrogen-bond acceptors (Lipinski definition) is 8. The van der Waals surface area contributed by atoms with Crippen molar-refractivity contribution in [3.05, 3.63) is 66.9 Å². The van der Waals surface area contributed by atoms with Crippen molar-refractivity contribution in [2.45, 2.75) is 5.16 Å². The van der Waals surface area contributed by atoms with Gasteiger partial charge < -0.3 is 19.5 Å². The number of amides is 1. The molecule has 0 fully saturated rings. The van der Waals surface area contributed by atoms with E-state index < -0.39 is 0 Å². The smallest absolute Gasteiger partial charge is 0.234 e. The summed E-state index contributed by atoms with van der Waals surface area (Å²) in [5.41, 5.74) is 2.15. The number of fused-ring (bicyclic) bond motifs is 1. The molecule has 1 N–H and O–H groups in total. The van der Waals surface area contributed by atoms with Crippen molar-refractivity contribution in [1.82, 2.24) is 19.7 Å². The topological polar surface area (TPSA) is 100 Å². The molecular formula is C24H21N5O4S. The van der Waals surface area contributed by atoms with Gasteiger partial charge in [-0.1, -0.05) is 17.8 Å². The van der Waals surface area contributed by atoms with Gasteiger partial charge in [0.05, 0.1) is 18.6 Å². The van der Waals surface area contributed by atoms with Gasteiger partial charge in [0.15, 0.2) is 22.5 Å². The van der Waals surface area contributed by atoms with Crippen LogP contribution in [0.15, 0.2) is 72.0 Å². The third-order valence-corrected chi connectivity index (χ3v) is 5.95. The van der Waals surface area contributed by atoms with E-state index in [1.54, 1.807) is 31.5 Å². The third-order valence-electron chi connectivity index (χ3n) is 5.02. The first-order valence-electron chi connectivity index (χ1n) is 10.5. The van der Waals surface area contributed by atoms with Crippen molar-refractivity contribution in [3.8, 4) is 34.5 Å². The fourth-order valence-corrected chi connectivity index (χ4v) is 4.19. The fourth-order valence-electron chi connectivity index (χ4n) is 3.44. The van der Waals surface area contributed by atoms with Crippen LogP contribution in [0.2, 0.25) is 0 Å². The third kappa shape index (κ3) is 4.67. The van der Waals surface area contributed by atoms with Gasteiger partial charge in [-0.3, -0.25) is 14.3 Å². The molecule has 2 aromatic heterocycles. The van der Waals surface area contributed by atoms with Gasteiger partial charge in [-0.2, -0.15) is 0 Å². The molecule has 4 aromatic rings. The number of nitrogens with zero attached hydrogens (tertiary/aromatic N) is 4. The highest BCUT2D eigenvalue weighted by Gasteiger charge is 2.19. The average molecular weight is 476 g/mol. The molecule has 0 aliphatic carbocycles. The average Bonchev–Trinajstić information content (AvgIpc) is 3.32. The molecule has 0 radical (unpaired) electrons. The molecule has 5 rings (SSSR count). The molecule has 9 nitrogen and oxygen atoms in total. The second-order valence-corrected chi connectivity index (χ2v) is 8.19. The van der Waals surface area contributed by atoms with E-state index in [-0.39, 0.29) is 11.7 Å². The van der Waals surface area contributed by atoms with E-state index in [4.69, 9.17) is 14.2 Å². The Labute approximate surface area is 200 Å². The molecule has 1 aliphatic heterocycles. The zero-order valence-electron chi connectivity index (χ0n) is 18.3. The van der Waals surface area contributed by atoms with Crippen LogP contribution < -0.4 is 19.5 Å². The lowest BCUT2D eigenvalue weighted by molar-refractivity contribution is -0.113. The summed E-state index contributed by atoms with van der Waals surface area (Å²) in [5, 5.41) is 12.2. The summed E-state index contributed by atoms with van der Waals surface area (Å²) in [7, 11) is 1.62. The van der Waals surface area contributed by atoms with E-state index >= 15 is 0 Å². The number of carbonyl (C=O) groups excluding carboxylic acids is 1. The predicted octanol–water partition coefficient (Wildman–Crippen LogP) is 3.84. The molecule has 0 saturated carbocycles. The summed E-state index contributed by atoms with van der Waals surface area (Å²) in [6.45, 7) is 1.00. The summed E-state index contributed by atoms with van der Waals surface area (Å²) in [6.07, 6.45) is 1.70. The summed E-state index contributed by atoms with van der Waals surface area (Å²) < 4.78 is 18.3. The number of benzene rings is 2. The Hall–Kier alpha value is -4.05. The molecule has 0 atom stereocenters. The Kier molecular flexibility index (Phi) is 6.30. The van der Waals surface area contributed by atoms with Crippen molar-refractivity contribution in [2.75, 3.05) is 31.4 Å². The lowest BCUT2D eigenvalue weighted by Crippen LogP contribution is -2.17. The number of anilines is 1. The molecule has 172 valence electrons. The lowest BCUT2D eigenvalue weighted by atomic mass is 10.2. The number of pyridine rings is 1. The maximum absolute atomic E-state index is 12.7. The van der Waals surface area contributed by atoms with Gasteiger partial charge in [-0.25, -0.2) is 0 Å². The molecular weight excluding hydrogens is 454 g/mol. The van der Waals surface area contributed by atoms with Crippen molar-refractivity contribution in [1.29, 1.82) is 0 Å². The fraction of sp³-hybridized carbons (Fsp3) is 0.167. The Balaban J connectivity index is 1.36. The zero-order chi connectivity index (χ0) is 23.3. The molecule has 0 bridgehead atoms. The molecule has 0 saturated heterocycles. The highest BCUT2D eigenvalue weighted by Crippen LogP contribution is 2.33. The van der Waals surface area contributed by atoms with Gasteiger partial charge in [0, 0.05) is 18.0 Å². The second kappa shape index (κ2) is 9.84. The minimum Gasteiger partial charge on any atom is -0.497 e. The number of thioether (sulfide) groups is 1. The summed E-state index contributed by atoms with van der Waals surface area (Å²) in [6, 6.07) is 18.5. The molecule has 34 heavy (non-hydrogen) atoms. The highest BCUT2D eigenvalue weighted by molar-refractivity contribution is 7.99. The normalized spacial score (nSPS) is 12.3. The maximum Gasteiger partial charge on any atom is 0.234 e. The van der Waals surface area contributed by atoms with Gasteiger partial charge >= 0.3 is 0 Å². The number of ether oxygens (including phenoxy) is 3. The Morgan fingerprint density at radius 3 is 2.65 bits per heavy atom. The van der Waals surface area contributed by atoms with Crippen LogP contribution in [0.25, 0.3) is 17.2 Å². The predicted molar refractivity (Wildman–Crippen MR) is 128 cm³/mol. The van der Waals surface area contributed by atoms with Gasteiger partial charge in [-0.05, 0) is 48.5 Å². The van der Waals surface area contributed by atoms with Gasteiger partial charge in [-0.15, -0.1) is 10.2 Å². The van der Waals surface area contributed by atoms with E-state index in [0.717, 1.165) is 11.4 Å². The molecule has 10 heteroatoms. The quantitative estimate of drug-likeness (QED) is 0.403. The zero-order valence-corrected chi connectivity index (χ0v) is 19.1. The van der Waals surface area contributed by atoms with Gasteiger partial charge in [0.25, 0.3) is 0 Å². The molecule has 1 aliphatic rings. The number of methoxy groups -OCH3 is 1. The van der Waals surface area contributed by atoms with Crippen molar-refractivity contribution in [2.24, 2.45) is 0 Å². The highest BCUT2D eigenvalue weighted by atomic mass is 32.2. The summed E-state index contributed by atoms with van der Waals surface area (Å²) in [4.78, 5) is 17.1. The van der Waals surface area contributed by atoms with Crippen LogP contribution in [0.5, 0.6) is 17.2 Å². The van der Waals surface area contributed by atoms with Crippen molar-refractivity contribution in [3.63, 3.8) is 0 Å². The Morgan fingerprint density at radius 2 is 1.88 bits per heavy atom. The van der Waals surface area contributed by atoms with Crippen LogP contribution in [0, 0.1) is 0 Å². The van der Waals surface area contributed by atoms with Crippen LogP contribution in [0.1, 0.15) is 0 Å². The Morgan fingerprint density at radius 1 is 1.06 bits per heavy atom. The molecule has 1 amide bonds. The lowest BCUT2D eigenvalue weighted by Gasteiger charge is -2.19. The molecule has 2 aromatic carbocycles. The largest absolute Gasteiger partial charge is 0.497 e. The maximum atomic E-state index is 12.7. The number of aromatic nitrogens is 4. The standard InChI is InChI=1S/C24H21N5O4S/c1-31-18-8-6-17(7-9-18)29-23(19-4-2-3-11-25-19)27-28-24(29)34-15-22(30)26-16-5-10-20-21(14-16)33-13-12-32-20/h2-11,14H,12-13,15H2,1H3,(H,26,30). The van der Waals surface area contributed by atoms with E-state index in [2.05, 4.69) is 20.5 Å². The van der Waals surface area contributed by atoms with E-state index in [0.29, 0.717) is 47.1 Å². The first-order chi connectivity index (χ1) is 16.7. The SMILES string of the molecule is COc1ccc(-n2c(SCC(=O)Nc3ccc4c(c3)OCCO4)nnc2-c2ccccn2)cc1. The van der Waals surface area contributed by atoms with Crippen LogP contribution in [0.4, 0.5) is 5.69 Å². The summed E-state index contributed by atoms with van der Waals surface area (Å²) in [5.74, 6) is 2.59. The molecule has 3 heterocycles. The van der Waals surface area contributed by atoms with Gasteiger partial charge in [0.2, 0.25) is 5.91 Å². The molecule has 0 unspecified atom stereocenters. The van der Waals surface area contributed by atoms with E-state index in [1.165, 1.54) is 11.8 Å². The Bertz CT molecular complexity index is 1290.